The van der Waals surface area contributed by atoms with Gasteiger partial charge < -0.3 is 9.64 Å². The van der Waals surface area contributed by atoms with Crippen molar-refractivity contribution in [1.82, 2.24) is 9.80 Å². The summed E-state index contributed by atoms with van der Waals surface area (Å²) in [4.78, 5) is 32.3. The van der Waals surface area contributed by atoms with Crippen molar-refractivity contribution in [2.45, 2.75) is 44.6 Å². The van der Waals surface area contributed by atoms with E-state index in [2.05, 4.69) is 29.2 Å². The molecule has 0 spiro atoms. The number of carbonyl (C=O) groups excluding carboxylic acids is 2. The largest absolute Gasteiger partial charge is 0.463 e. The number of benzene rings is 4. The first-order valence-electron chi connectivity index (χ1n) is 13.6. The van der Waals surface area contributed by atoms with E-state index in [9.17, 15) is 9.59 Å². The molecule has 0 unspecified atom stereocenters. The topological polar surface area (TPSA) is 49.9 Å². The minimum Gasteiger partial charge on any atom is -0.463 e. The van der Waals surface area contributed by atoms with Crippen LogP contribution < -0.4 is 0 Å². The molecule has 1 fully saturated rings. The summed E-state index contributed by atoms with van der Waals surface area (Å²) in [7, 11) is 0. The molecule has 0 radical (unpaired) electrons. The molecule has 1 amide bonds. The fourth-order valence-corrected chi connectivity index (χ4v) is 5.75. The van der Waals surface area contributed by atoms with Crippen LogP contribution in [0.2, 0.25) is 0 Å². The van der Waals surface area contributed by atoms with E-state index in [1.807, 2.05) is 104 Å². The number of nitrogens with zero attached hydrogens (tertiary/aromatic N) is 2. The van der Waals surface area contributed by atoms with Crippen LogP contribution in [0.15, 0.2) is 121 Å². The van der Waals surface area contributed by atoms with Gasteiger partial charge in [-0.25, -0.2) is 4.79 Å². The third-order valence-electron chi connectivity index (χ3n) is 7.37. The molecular formula is C34H34N2O3. The van der Waals surface area contributed by atoms with Gasteiger partial charge in [-0.15, -0.1) is 0 Å². The third-order valence-corrected chi connectivity index (χ3v) is 7.37. The monoisotopic (exact) mass is 518 g/mol. The van der Waals surface area contributed by atoms with Crippen molar-refractivity contribution in [3.05, 3.63) is 144 Å². The number of hydrogen-bond donors (Lipinski definition) is 0. The van der Waals surface area contributed by atoms with Gasteiger partial charge in [-0.3, -0.25) is 9.69 Å². The molecule has 1 aliphatic rings. The maximum atomic E-state index is 14.5. The minimum absolute atomic E-state index is 0.0786. The van der Waals surface area contributed by atoms with Crippen molar-refractivity contribution in [1.29, 1.82) is 0 Å². The number of esters is 1. The molecular weight excluding hydrogens is 484 g/mol. The van der Waals surface area contributed by atoms with Gasteiger partial charge in [0.25, 0.3) is 0 Å². The average Bonchev–Trinajstić information content (AvgIpc) is 3.27. The van der Waals surface area contributed by atoms with E-state index in [4.69, 9.17) is 4.74 Å². The molecule has 2 atom stereocenters. The zero-order valence-electron chi connectivity index (χ0n) is 22.4. The van der Waals surface area contributed by atoms with Crippen LogP contribution in [0.1, 0.15) is 54.6 Å². The Morgan fingerprint density at radius 1 is 0.667 bits per heavy atom. The maximum absolute atomic E-state index is 14.5. The van der Waals surface area contributed by atoms with Crippen molar-refractivity contribution < 1.29 is 14.3 Å². The van der Waals surface area contributed by atoms with Crippen LogP contribution in [0.25, 0.3) is 0 Å². The highest BCUT2D eigenvalue weighted by atomic mass is 16.5. The van der Waals surface area contributed by atoms with Crippen molar-refractivity contribution in [3.8, 4) is 0 Å². The Bertz CT molecular complexity index is 1280. The zero-order valence-corrected chi connectivity index (χ0v) is 22.4. The molecule has 0 bridgehead atoms. The normalized spacial score (nSPS) is 17.6. The second-order valence-electron chi connectivity index (χ2n) is 9.69. The number of ether oxygens (including phenoxy) is 1. The lowest BCUT2D eigenvalue weighted by Crippen LogP contribution is -2.50. The molecule has 0 N–H and O–H groups in total. The highest BCUT2D eigenvalue weighted by Crippen LogP contribution is 2.43. The van der Waals surface area contributed by atoms with Gasteiger partial charge in [0.05, 0.1) is 24.7 Å². The molecule has 0 saturated carbocycles. The molecule has 1 saturated heterocycles. The van der Waals surface area contributed by atoms with E-state index in [1.54, 1.807) is 11.8 Å². The van der Waals surface area contributed by atoms with Gasteiger partial charge in [-0.1, -0.05) is 128 Å². The third kappa shape index (κ3) is 5.23. The summed E-state index contributed by atoms with van der Waals surface area (Å²) in [5.41, 5.74) is 3.92. The van der Waals surface area contributed by atoms with Crippen LogP contribution in [0.3, 0.4) is 0 Å². The van der Waals surface area contributed by atoms with Crippen molar-refractivity contribution in [2.75, 3.05) is 6.61 Å². The Morgan fingerprint density at radius 2 is 1.05 bits per heavy atom. The smallest absolute Gasteiger partial charge is 0.344 e. The van der Waals surface area contributed by atoms with Crippen molar-refractivity contribution in [3.63, 3.8) is 0 Å². The van der Waals surface area contributed by atoms with Gasteiger partial charge in [0.2, 0.25) is 5.91 Å². The van der Waals surface area contributed by atoms with E-state index in [0.29, 0.717) is 6.42 Å². The van der Waals surface area contributed by atoms with Crippen LogP contribution in [-0.2, 0) is 14.3 Å². The fourth-order valence-electron chi connectivity index (χ4n) is 5.75. The van der Waals surface area contributed by atoms with Crippen LogP contribution in [0.5, 0.6) is 0 Å². The SMILES string of the molecule is CCOC(=O)[C@@H]1N(C(c2ccccc2)c2ccccc2)C(=O)[C@H](CC)N1C(c1ccccc1)c1ccccc1. The molecule has 5 heteroatoms. The zero-order chi connectivity index (χ0) is 27.2. The van der Waals surface area contributed by atoms with Crippen LogP contribution in [0, 0.1) is 0 Å². The predicted molar refractivity (Wildman–Crippen MR) is 153 cm³/mol. The predicted octanol–water partition coefficient (Wildman–Crippen LogP) is 6.38. The standard InChI is InChI=1S/C34H34N2O3/c1-3-29-33(37)36(31(27-21-13-7-14-22-27)28-23-15-8-16-24-28)32(34(38)39-4-2)35(29)30(25-17-9-5-10-18-25)26-19-11-6-12-20-26/h5-24,29-32H,3-4H2,1-2H3/t29-,32-/m0/s1. The Kier molecular flexibility index (Phi) is 8.18. The van der Waals surface area contributed by atoms with E-state index < -0.39 is 24.2 Å². The van der Waals surface area contributed by atoms with Gasteiger partial charge in [-0.2, -0.15) is 0 Å². The maximum Gasteiger partial charge on any atom is 0.344 e. The first-order valence-corrected chi connectivity index (χ1v) is 13.6. The minimum atomic E-state index is -0.918. The van der Waals surface area contributed by atoms with E-state index in [0.717, 1.165) is 22.3 Å². The summed E-state index contributed by atoms with van der Waals surface area (Å²) in [5, 5.41) is 0. The summed E-state index contributed by atoms with van der Waals surface area (Å²) in [6.45, 7) is 4.04. The lowest BCUT2D eigenvalue weighted by atomic mass is 9.95. The van der Waals surface area contributed by atoms with Gasteiger partial charge in [0.15, 0.2) is 6.17 Å². The molecule has 4 aromatic rings. The molecule has 198 valence electrons. The fraction of sp³-hybridized carbons (Fsp3) is 0.235. The summed E-state index contributed by atoms with van der Waals surface area (Å²) >= 11 is 0. The second-order valence-corrected chi connectivity index (χ2v) is 9.69. The van der Waals surface area contributed by atoms with Gasteiger partial charge in [0, 0.05) is 0 Å². The Labute approximate surface area is 230 Å². The molecule has 4 aromatic carbocycles. The van der Waals surface area contributed by atoms with Crippen LogP contribution in [-0.4, -0.2) is 40.5 Å². The lowest BCUT2D eigenvalue weighted by Gasteiger charge is -2.38. The Morgan fingerprint density at radius 3 is 1.41 bits per heavy atom. The molecule has 0 aliphatic carbocycles. The summed E-state index contributed by atoms with van der Waals surface area (Å²) in [6.07, 6.45) is -0.365. The van der Waals surface area contributed by atoms with E-state index in [-0.39, 0.29) is 18.6 Å². The molecule has 0 aromatic heterocycles. The van der Waals surface area contributed by atoms with E-state index >= 15 is 0 Å². The molecule has 1 heterocycles. The molecule has 5 nitrogen and oxygen atoms in total. The summed E-state index contributed by atoms with van der Waals surface area (Å²) in [6, 6.07) is 38.8. The Balaban J connectivity index is 1.73. The lowest BCUT2D eigenvalue weighted by molar-refractivity contribution is -0.157. The van der Waals surface area contributed by atoms with Crippen molar-refractivity contribution in [2.24, 2.45) is 0 Å². The van der Waals surface area contributed by atoms with Gasteiger partial charge >= 0.3 is 5.97 Å². The quantitative estimate of drug-likeness (QED) is 0.241. The highest BCUT2D eigenvalue weighted by Gasteiger charge is 2.55. The first-order chi connectivity index (χ1) is 19.2. The second kappa shape index (κ2) is 12.1. The number of hydrogen-bond acceptors (Lipinski definition) is 4. The molecule has 1 aliphatic heterocycles. The van der Waals surface area contributed by atoms with Crippen molar-refractivity contribution >= 4 is 11.9 Å². The summed E-state index contributed by atoms with van der Waals surface area (Å²) < 4.78 is 5.70. The van der Waals surface area contributed by atoms with E-state index in [1.165, 1.54) is 0 Å². The summed E-state index contributed by atoms with van der Waals surface area (Å²) in [5.74, 6) is -0.499. The Hall–Kier alpha value is -4.22. The van der Waals surface area contributed by atoms with Gasteiger partial charge in [-0.05, 0) is 35.6 Å². The van der Waals surface area contributed by atoms with Crippen LogP contribution >= 0.6 is 0 Å². The number of rotatable bonds is 9. The highest BCUT2D eigenvalue weighted by molar-refractivity contribution is 5.92. The molecule has 39 heavy (non-hydrogen) atoms. The molecule has 5 rings (SSSR count). The number of amides is 1. The van der Waals surface area contributed by atoms with Gasteiger partial charge in [0.1, 0.15) is 0 Å². The number of carbonyl (C=O) groups is 2. The average molecular weight is 519 g/mol. The van der Waals surface area contributed by atoms with Crippen LogP contribution in [0.4, 0.5) is 0 Å². The first kappa shape index (κ1) is 26.4.